The van der Waals surface area contributed by atoms with E-state index in [0.29, 0.717) is 23.9 Å². The van der Waals surface area contributed by atoms with Crippen molar-refractivity contribution in [1.29, 1.82) is 0 Å². The van der Waals surface area contributed by atoms with Crippen molar-refractivity contribution >= 4 is 19.8 Å². The molecule has 1 unspecified atom stereocenters. The Labute approximate surface area is 323 Å². The molecule has 0 amide bonds. The normalized spacial score (nSPS) is 14.5. The smallest absolute Gasteiger partial charge is 0.306 e. The largest absolute Gasteiger partial charge is 0.756 e. The predicted octanol–water partition coefficient (Wildman–Crippen LogP) is 10.4. The summed E-state index contributed by atoms with van der Waals surface area (Å²) in [7, 11) is 1.12. The minimum absolute atomic E-state index is 0.0419. The Morgan fingerprint density at radius 1 is 0.623 bits per heavy atom. The van der Waals surface area contributed by atoms with Crippen molar-refractivity contribution in [3.63, 3.8) is 0 Å². The lowest BCUT2D eigenvalue weighted by atomic mass is 10.1. The van der Waals surface area contributed by atoms with Crippen molar-refractivity contribution in [3.8, 4) is 0 Å². The molecule has 0 saturated carbocycles. The Morgan fingerprint density at radius 3 is 1.75 bits per heavy atom. The van der Waals surface area contributed by atoms with E-state index >= 15 is 0 Å². The summed E-state index contributed by atoms with van der Waals surface area (Å²) in [5.74, 6) is -0.887. The van der Waals surface area contributed by atoms with E-state index < -0.39 is 32.5 Å². The summed E-state index contributed by atoms with van der Waals surface area (Å²) in [6, 6.07) is 0. The molecule has 0 aliphatic carbocycles. The second-order valence-electron chi connectivity index (χ2n) is 14.4. The molecule has 0 fully saturated rings. The number of unbranched alkanes of at least 4 members (excludes halogenated alkanes) is 12. The van der Waals surface area contributed by atoms with Crippen LogP contribution >= 0.6 is 7.82 Å². The van der Waals surface area contributed by atoms with Crippen LogP contribution in [0.1, 0.15) is 136 Å². The summed E-state index contributed by atoms with van der Waals surface area (Å²) in [5, 5.41) is 0. The summed E-state index contributed by atoms with van der Waals surface area (Å²) >= 11 is 0. The number of esters is 2. The molecule has 0 aromatic heterocycles. The molecule has 0 radical (unpaired) electrons. The van der Waals surface area contributed by atoms with E-state index in [9.17, 15) is 19.0 Å². The van der Waals surface area contributed by atoms with Gasteiger partial charge in [0.15, 0.2) is 6.10 Å². The number of hydrogen-bond donors (Lipinski definition) is 0. The maximum absolute atomic E-state index is 12.6. The van der Waals surface area contributed by atoms with Crippen molar-refractivity contribution in [2.45, 2.75) is 142 Å². The number of rotatable bonds is 35. The van der Waals surface area contributed by atoms with Gasteiger partial charge in [0.05, 0.1) is 27.7 Å². The molecule has 9 nitrogen and oxygen atoms in total. The van der Waals surface area contributed by atoms with Gasteiger partial charge in [-0.1, -0.05) is 138 Å². The molecule has 0 rings (SSSR count). The highest BCUT2D eigenvalue weighted by Crippen LogP contribution is 2.38. The lowest BCUT2D eigenvalue weighted by Gasteiger charge is -2.28. The van der Waals surface area contributed by atoms with Gasteiger partial charge in [-0.05, 0) is 57.8 Å². The maximum atomic E-state index is 12.6. The maximum Gasteiger partial charge on any atom is 0.306 e. The Balaban J connectivity index is 4.49. The van der Waals surface area contributed by atoms with Crippen LogP contribution in [-0.4, -0.2) is 70.0 Å². The summed E-state index contributed by atoms with van der Waals surface area (Å²) in [6.45, 7) is 3.97. The first-order valence-corrected chi connectivity index (χ1v) is 21.7. The number of phosphoric ester groups is 1. The first-order chi connectivity index (χ1) is 25.5. The van der Waals surface area contributed by atoms with Crippen molar-refractivity contribution in [3.05, 3.63) is 72.9 Å². The number of allylic oxidation sites excluding steroid dienone is 12. The molecular formula is C43H74NO8P. The molecule has 304 valence electrons. The van der Waals surface area contributed by atoms with E-state index in [1.54, 1.807) is 0 Å². The van der Waals surface area contributed by atoms with Crippen LogP contribution in [-0.2, 0) is 32.7 Å². The summed E-state index contributed by atoms with van der Waals surface area (Å²) in [6.07, 6.45) is 42.1. The molecule has 0 bridgehead atoms. The lowest BCUT2D eigenvalue weighted by molar-refractivity contribution is -0.870. The summed E-state index contributed by atoms with van der Waals surface area (Å²) in [4.78, 5) is 37.4. The van der Waals surface area contributed by atoms with Gasteiger partial charge in [-0.3, -0.25) is 14.2 Å². The zero-order valence-electron chi connectivity index (χ0n) is 33.9. The van der Waals surface area contributed by atoms with Gasteiger partial charge in [-0.25, -0.2) is 0 Å². The molecule has 0 saturated heterocycles. The second-order valence-corrected chi connectivity index (χ2v) is 15.8. The van der Waals surface area contributed by atoms with Gasteiger partial charge in [0.1, 0.15) is 19.8 Å². The van der Waals surface area contributed by atoms with Crippen LogP contribution < -0.4 is 4.89 Å². The molecule has 0 heterocycles. The number of quaternary nitrogens is 1. The fourth-order valence-corrected chi connectivity index (χ4v) is 5.58. The molecule has 0 N–H and O–H groups in total. The van der Waals surface area contributed by atoms with Gasteiger partial charge in [0.2, 0.25) is 0 Å². The number of likely N-dealkylation sites (N-methyl/N-ethyl adjacent to an activating group) is 1. The molecule has 0 aliphatic rings. The first kappa shape index (κ1) is 50.5. The first-order valence-electron chi connectivity index (χ1n) is 20.2. The average Bonchev–Trinajstić information content (AvgIpc) is 3.10. The minimum atomic E-state index is -4.63. The number of ether oxygens (including phenoxy) is 2. The van der Waals surface area contributed by atoms with Crippen LogP contribution in [0.25, 0.3) is 0 Å². The fraction of sp³-hybridized carbons (Fsp3) is 0.674. The van der Waals surface area contributed by atoms with Crippen molar-refractivity contribution in [2.75, 3.05) is 47.5 Å². The van der Waals surface area contributed by atoms with E-state index in [1.165, 1.54) is 12.8 Å². The van der Waals surface area contributed by atoms with Crippen LogP contribution in [0.3, 0.4) is 0 Å². The van der Waals surface area contributed by atoms with E-state index in [2.05, 4.69) is 56.4 Å². The molecule has 0 spiro atoms. The topological polar surface area (TPSA) is 111 Å². The second kappa shape index (κ2) is 35.2. The van der Waals surface area contributed by atoms with E-state index in [1.807, 2.05) is 51.5 Å². The molecule has 0 aliphatic heterocycles. The highest BCUT2D eigenvalue weighted by molar-refractivity contribution is 7.45. The molecule has 2 atom stereocenters. The number of nitrogens with zero attached hydrogens (tertiary/aromatic N) is 1. The van der Waals surface area contributed by atoms with Crippen molar-refractivity contribution in [2.24, 2.45) is 0 Å². The molecule has 53 heavy (non-hydrogen) atoms. The van der Waals surface area contributed by atoms with Gasteiger partial charge < -0.3 is 27.9 Å². The minimum Gasteiger partial charge on any atom is -0.756 e. The Morgan fingerprint density at radius 2 is 1.15 bits per heavy atom. The van der Waals surface area contributed by atoms with Crippen LogP contribution in [0.4, 0.5) is 0 Å². The standard InChI is InChI=1S/C43H74NO8P/c1-6-8-10-12-14-16-18-20-22-24-25-27-29-31-33-35-42(45)49-39-41(40-51-53(47,48)50-38-37-44(3,4)5)52-43(46)36-34-32-30-28-26-23-21-19-17-15-13-11-9-7-2/h8,10,12-16,18-22,41H,6-7,9,11,17,23-40H2,1-5H3/b10-8+,14-12+,15-13+,18-16+,21-19+,22-20+/t41-/m1/s1. The molecule has 10 heteroatoms. The van der Waals surface area contributed by atoms with Gasteiger partial charge >= 0.3 is 11.9 Å². The van der Waals surface area contributed by atoms with Gasteiger partial charge in [0, 0.05) is 12.8 Å². The number of phosphoric acid groups is 1. The predicted molar refractivity (Wildman–Crippen MR) is 217 cm³/mol. The number of carbonyl (C=O) groups is 2. The van der Waals surface area contributed by atoms with Crippen LogP contribution in [0.15, 0.2) is 72.9 Å². The lowest BCUT2D eigenvalue weighted by Crippen LogP contribution is -2.37. The Hall–Kier alpha value is -2.55. The Bertz CT molecular complexity index is 1140. The zero-order valence-corrected chi connectivity index (χ0v) is 34.8. The summed E-state index contributed by atoms with van der Waals surface area (Å²) < 4.78 is 33.8. The van der Waals surface area contributed by atoms with Gasteiger partial charge in [-0.2, -0.15) is 0 Å². The van der Waals surface area contributed by atoms with Crippen LogP contribution in [0, 0.1) is 0 Å². The third kappa shape index (κ3) is 39.0. The zero-order chi connectivity index (χ0) is 39.3. The highest BCUT2D eigenvalue weighted by atomic mass is 31.2. The van der Waals surface area contributed by atoms with Gasteiger partial charge in [0.25, 0.3) is 7.82 Å². The van der Waals surface area contributed by atoms with E-state index in [4.69, 9.17) is 18.5 Å². The molecule has 0 aromatic carbocycles. The molecule has 0 aromatic rings. The average molecular weight is 764 g/mol. The molecular weight excluding hydrogens is 689 g/mol. The Kier molecular flexibility index (Phi) is 33.5. The third-order valence-corrected chi connectivity index (χ3v) is 9.02. The van der Waals surface area contributed by atoms with Crippen LogP contribution in [0.2, 0.25) is 0 Å². The van der Waals surface area contributed by atoms with Crippen molar-refractivity contribution < 1.29 is 42.1 Å². The quantitative estimate of drug-likeness (QED) is 0.0157. The highest BCUT2D eigenvalue weighted by Gasteiger charge is 2.21. The van der Waals surface area contributed by atoms with Crippen LogP contribution in [0.5, 0.6) is 0 Å². The number of carbonyl (C=O) groups excluding carboxylic acids is 2. The van der Waals surface area contributed by atoms with E-state index in [-0.39, 0.29) is 26.1 Å². The van der Waals surface area contributed by atoms with Crippen molar-refractivity contribution in [1.82, 2.24) is 0 Å². The third-order valence-electron chi connectivity index (χ3n) is 8.06. The monoisotopic (exact) mass is 764 g/mol. The van der Waals surface area contributed by atoms with E-state index in [0.717, 1.165) is 83.5 Å². The SMILES string of the molecule is CC/C=C/C=C/C=C/C=C/CCCCCCCC(=O)OC[C@H](COP(=O)([O-])OCC[N+](C)(C)C)OC(=O)CCCCCCC/C=C/C/C=C/CCCC. The fourth-order valence-electron chi connectivity index (χ4n) is 4.86. The number of hydrogen-bond acceptors (Lipinski definition) is 8. The van der Waals surface area contributed by atoms with Gasteiger partial charge in [-0.15, -0.1) is 0 Å². The summed E-state index contributed by atoms with van der Waals surface area (Å²) in [5.41, 5.74) is 0.